The molecule has 0 amide bonds. The van der Waals surface area contributed by atoms with E-state index < -0.39 is 0 Å². The fraction of sp³-hybridized carbons (Fsp3) is 0.923. The highest BCUT2D eigenvalue weighted by Crippen LogP contribution is 2.24. The molecular weight excluding hydrogens is 296 g/mol. The van der Waals surface area contributed by atoms with Gasteiger partial charge in [-0.25, -0.2) is 0 Å². The van der Waals surface area contributed by atoms with E-state index in [-0.39, 0.29) is 10.8 Å². The molecule has 18 heavy (non-hydrogen) atoms. The average molecular weight is 319 g/mol. The Morgan fingerprint density at radius 1 is 1.28 bits per heavy atom. The largest absolute Gasteiger partial charge is 0.468 e. The van der Waals surface area contributed by atoms with Crippen LogP contribution in [0.5, 0.6) is 0 Å². The van der Waals surface area contributed by atoms with E-state index in [0.29, 0.717) is 0 Å². The lowest BCUT2D eigenvalue weighted by Crippen LogP contribution is -2.51. The van der Waals surface area contributed by atoms with Gasteiger partial charge in [-0.05, 0) is 12.8 Å². The number of alkyl halides is 1. The Hall–Kier alpha value is -0.130. The summed E-state index contributed by atoms with van der Waals surface area (Å²) in [5.74, 6) is -0.173. The molecule has 0 aromatic heterocycles. The van der Waals surface area contributed by atoms with E-state index >= 15 is 0 Å². The van der Waals surface area contributed by atoms with Gasteiger partial charge in [0.05, 0.1) is 7.11 Å². The minimum atomic E-state index is -0.194. The molecule has 2 rings (SSSR count). The maximum Gasteiger partial charge on any atom is 0.320 e. The Labute approximate surface area is 118 Å². The third-order valence-corrected chi connectivity index (χ3v) is 4.79. The SMILES string of the molecule is COC(=O)C(Br)CN1CCN(C2CCCC2)CC1. The van der Waals surface area contributed by atoms with Crippen molar-refractivity contribution in [2.45, 2.75) is 36.6 Å². The van der Waals surface area contributed by atoms with E-state index in [1.807, 2.05) is 0 Å². The van der Waals surface area contributed by atoms with Crippen LogP contribution in [0.15, 0.2) is 0 Å². The minimum Gasteiger partial charge on any atom is -0.468 e. The van der Waals surface area contributed by atoms with Gasteiger partial charge in [0.25, 0.3) is 0 Å². The van der Waals surface area contributed by atoms with E-state index in [1.165, 1.54) is 32.8 Å². The number of piperazine rings is 1. The van der Waals surface area contributed by atoms with Gasteiger partial charge in [0.2, 0.25) is 0 Å². The lowest BCUT2D eigenvalue weighted by atomic mass is 10.2. The van der Waals surface area contributed by atoms with Crippen LogP contribution in [0.3, 0.4) is 0 Å². The van der Waals surface area contributed by atoms with Gasteiger partial charge in [-0.1, -0.05) is 28.8 Å². The lowest BCUT2D eigenvalue weighted by molar-refractivity contribution is -0.140. The number of rotatable bonds is 4. The van der Waals surface area contributed by atoms with Crippen molar-refractivity contribution in [2.75, 3.05) is 39.8 Å². The van der Waals surface area contributed by atoms with Crippen LogP contribution >= 0.6 is 15.9 Å². The van der Waals surface area contributed by atoms with Crippen LogP contribution in [-0.2, 0) is 9.53 Å². The first-order valence-corrected chi connectivity index (χ1v) is 7.80. The zero-order valence-corrected chi connectivity index (χ0v) is 12.7. The van der Waals surface area contributed by atoms with Gasteiger partial charge in [0, 0.05) is 38.8 Å². The number of halogens is 1. The molecule has 2 fully saturated rings. The van der Waals surface area contributed by atoms with Gasteiger partial charge in [-0.15, -0.1) is 0 Å². The Kier molecular flexibility index (Phi) is 5.45. The molecule has 0 aromatic carbocycles. The maximum absolute atomic E-state index is 11.4. The Morgan fingerprint density at radius 2 is 1.89 bits per heavy atom. The zero-order valence-electron chi connectivity index (χ0n) is 11.1. The molecule has 1 unspecified atom stereocenters. The molecule has 1 saturated heterocycles. The molecule has 0 radical (unpaired) electrons. The summed E-state index contributed by atoms with van der Waals surface area (Å²) in [5, 5.41) is 0. The highest BCUT2D eigenvalue weighted by molar-refractivity contribution is 9.10. The third kappa shape index (κ3) is 3.68. The molecule has 1 atom stereocenters. The Balaban J connectivity index is 1.71. The van der Waals surface area contributed by atoms with Crippen molar-refractivity contribution >= 4 is 21.9 Å². The molecule has 1 saturated carbocycles. The second kappa shape index (κ2) is 6.87. The molecule has 1 heterocycles. The van der Waals surface area contributed by atoms with Crippen LogP contribution in [0.25, 0.3) is 0 Å². The molecule has 104 valence electrons. The Morgan fingerprint density at radius 3 is 2.44 bits per heavy atom. The molecular formula is C13H23BrN2O2. The smallest absolute Gasteiger partial charge is 0.320 e. The van der Waals surface area contributed by atoms with Crippen molar-refractivity contribution in [3.05, 3.63) is 0 Å². The molecule has 4 nitrogen and oxygen atoms in total. The average Bonchev–Trinajstić information content (AvgIpc) is 2.92. The predicted molar refractivity (Wildman–Crippen MR) is 75.0 cm³/mol. The van der Waals surface area contributed by atoms with E-state index in [4.69, 9.17) is 4.74 Å². The van der Waals surface area contributed by atoms with E-state index in [0.717, 1.165) is 38.8 Å². The van der Waals surface area contributed by atoms with Crippen LogP contribution in [0.1, 0.15) is 25.7 Å². The van der Waals surface area contributed by atoms with Crippen molar-refractivity contribution in [1.29, 1.82) is 0 Å². The van der Waals surface area contributed by atoms with Crippen molar-refractivity contribution in [3.63, 3.8) is 0 Å². The molecule has 5 heteroatoms. The zero-order chi connectivity index (χ0) is 13.0. The van der Waals surface area contributed by atoms with Crippen LogP contribution in [-0.4, -0.2) is 66.5 Å². The van der Waals surface area contributed by atoms with Gasteiger partial charge in [-0.3, -0.25) is 14.6 Å². The normalized spacial score (nSPS) is 25.2. The Bertz CT molecular complexity index is 274. The van der Waals surface area contributed by atoms with Crippen molar-refractivity contribution in [2.24, 2.45) is 0 Å². The van der Waals surface area contributed by atoms with Gasteiger partial charge in [0.15, 0.2) is 0 Å². The van der Waals surface area contributed by atoms with E-state index in [1.54, 1.807) is 0 Å². The third-order valence-electron chi connectivity index (χ3n) is 4.12. The van der Waals surface area contributed by atoms with Crippen LogP contribution in [0.2, 0.25) is 0 Å². The number of methoxy groups -OCH3 is 1. The number of hydrogen-bond acceptors (Lipinski definition) is 4. The maximum atomic E-state index is 11.4. The summed E-state index contributed by atoms with van der Waals surface area (Å²) in [5.41, 5.74) is 0. The van der Waals surface area contributed by atoms with Crippen molar-refractivity contribution in [1.82, 2.24) is 9.80 Å². The fourth-order valence-corrected chi connectivity index (χ4v) is 3.61. The summed E-state index contributed by atoms with van der Waals surface area (Å²) in [6.45, 7) is 5.17. The number of carbonyl (C=O) groups is 1. The van der Waals surface area contributed by atoms with Gasteiger partial charge >= 0.3 is 5.97 Å². The van der Waals surface area contributed by atoms with Gasteiger partial charge in [-0.2, -0.15) is 0 Å². The lowest BCUT2D eigenvalue weighted by Gasteiger charge is -2.38. The standard InChI is InChI=1S/C13H23BrN2O2/c1-18-13(17)12(14)10-15-6-8-16(9-7-15)11-4-2-3-5-11/h11-12H,2-10H2,1H3. The summed E-state index contributed by atoms with van der Waals surface area (Å²) >= 11 is 3.39. The fourth-order valence-electron chi connectivity index (χ4n) is 3.01. The quantitative estimate of drug-likeness (QED) is 0.580. The summed E-state index contributed by atoms with van der Waals surface area (Å²) < 4.78 is 4.73. The molecule has 0 N–H and O–H groups in total. The van der Waals surface area contributed by atoms with E-state index in [2.05, 4.69) is 25.7 Å². The summed E-state index contributed by atoms with van der Waals surface area (Å²) in [7, 11) is 1.44. The predicted octanol–water partition coefficient (Wildman–Crippen LogP) is 1.48. The second-order valence-electron chi connectivity index (χ2n) is 5.27. The molecule has 1 aliphatic heterocycles. The number of ether oxygens (including phenoxy) is 1. The van der Waals surface area contributed by atoms with E-state index in [9.17, 15) is 4.79 Å². The van der Waals surface area contributed by atoms with Crippen LogP contribution in [0.4, 0.5) is 0 Å². The summed E-state index contributed by atoms with van der Waals surface area (Å²) in [4.78, 5) is 16.1. The summed E-state index contributed by atoms with van der Waals surface area (Å²) in [6.07, 6.45) is 5.56. The minimum absolute atomic E-state index is 0.173. The van der Waals surface area contributed by atoms with Crippen LogP contribution in [0, 0.1) is 0 Å². The highest BCUT2D eigenvalue weighted by Gasteiger charge is 2.27. The molecule has 1 aliphatic carbocycles. The highest BCUT2D eigenvalue weighted by atomic mass is 79.9. The second-order valence-corrected chi connectivity index (χ2v) is 6.37. The monoisotopic (exact) mass is 318 g/mol. The van der Waals surface area contributed by atoms with Crippen molar-refractivity contribution < 1.29 is 9.53 Å². The molecule has 0 bridgehead atoms. The molecule has 0 spiro atoms. The number of carbonyl (C=O) groups excluding carboxylic acids is 1. The number of nitrogens with zero attached hydrogens (tertiary/aromatic N) is 2. The topological polar surface area (TPSA) is 32.8 Å². The summed E-state index contributed by atoms with van der Waals surface area (Å²) in [6, 6.07) is 0.826. The van der Waals surface area contributed by atoms with Crippen LogP contribution < -0.4 is 0 Å². The first-order valence-electron chi connectivity index (χ1n) is 6.89. The van der Waals surface area contributed by atoms with Gasteiger partial charge < -0.3 is 4.74 Å². The number of esters is 1. The molecule has 2 aliphatic rings. The first kappa shape index (κ1) is 14.3. The number of hydrogen-bond donors (Lipinski definition) is 0. The van der Waals surface area contributed by atoms with Crippen molar-refractivity contribution in [3.8, 4) is 0 Å². The molecule has 0 aromatic rings. The van der Waals surface area contributed by atoms with Gasteiger partial charge in [0.1, 0.15) is 4.83 Å². The first-order chi connectivity index (χ1) is 8.70.